The number of rotatable bonds is 16. The summed E-state index contributed by atoms with van der Waals surface area (Å²) in [5, 5.41) is 0. The van der Waals surface area contributed by atoms with Gasteiger partial charge in [0.05, 0.1) is 23.7 Å². The van der Waals surface area contributed by atoms with Crippen LogP contribution in [0.3, 0.4) is 0 Å². The predicted octanol–water partition coefficient (Wildman–Crippen LogP) is 4.44. The van der Waals surface area contributed by atoms with Crippen LogP contribution in [-0.4, -0.2) is 56.9 Å². The maximum absolute atomic E-state index is 13.4. The molecule has 1 unspecified atom stereocenters. The van der Waals surface area contributed by atoms with Crippen molar-refractivity contribution in [3.63, 3.8) is 0 Å². The topological polar surface area (TPSA) is 97.8 Å². The number of hydrogen-bond donors (Lipinski definition) is 0. The van der Waals surface area contributed by atoms with Crippen molar-refractivity contribution in [2.24, 2.45) is 5.92 Å². The third-order valence-corrected chi connectivity index (χ3v) is 7.52. The monoisotopic (exact) mass is 481 g/mol. The lowest BCUT2D eigenvalue weighted by Crippen LogP contribution is -2.40. The lowest BCUT2D eigenvalue weighted by Gasteiger charge is -2.27. The number of methoxy groups -OCH3 is 1. The second kappa shape index (κ2) is 14.8. The summed E-state index contributed by atoms with van der Waals surface area (Å²) in [6.45, 7) is 6.76. The van der Waals surface area contributed by atoms with Gasteiger partial charge in [-0.1, -0.05) is 51.7 Å². The van der Waals surface area contributed by atoms with Gasteiger partial charge in [-0.3, -0.25) is 14.4 Å². The van der Waals surface area contributed by atoms with E-state index >= 15 is 0 Å². The largest absolute Gasteiger partial charge is 0.469 e. The summed E-state index contributed by atoms with van der Waals surface area (Å²) >= 11 is 0. The highest BCUT2D eigenvalue weighted by atomic mass is 32.2. The second-order valence-corrected chi connectivity index (χ2v) is 10.4. The number of carbonyl (C=O) groups is 3. The van der Waals surface area contributed by atoms with E-state index in [0.29, 0.717) is 18.7 Å². The molecule has 0 aliphatic rings. The van der Waals surface area contributed by atoms with Gasteiger partial charge in [-0.05, 0) is 38.3 Å². The van der Waals surface area contributed by atoms with Gasteiger partial charge < -0.3 is 9.64 Å². The number of hydrogen-bond acceptors (Lipinski definition) is 6. The maximum Gasteiger partial charge on any atom is 0.305 e. The molecule has 1 aromatic carbocycles. The van der Waals surface area contributed by atoms with Gasteiger partial charge in [-0.25, -0.2) is 8.42 Å². The van der Waals surface area contributed by atoms with Crippen molar-refractivity contribution in [1.82, 2.24) is 4.90 Å². The molecule has 0 saturated carbocycles. The Morgan fingerprint density at radius 3 is 1.94 bits per heavy atom. The molecule has 0 saturated heterocycles. The summed E-state index contributed by atoms with van der Waals surface area (Å²) in [5.41, 5.74) is 0.422. The molecule has 186 valence electrons. The molecule has 8 heteroatoms. The van der Waals surface area contributed by atoms with Crippen LogP contribution in [0.5, 0.6) is 0 Å². The van der Waals surface area contributed by atoms with Gasteiger partial charge in [0.25, 0.3) is 0 Å². The molecule has 0 spiro atoms. The van der Waals surface area contributed by atoms with E-state index in [0.717, 1.165) is 38.5 Å². The summed E-state index contributed by atoms with van der Waals surface area (Å²) in [5.74, 6) is -2.08. The first kappa shape index (κ1) is 28.8. The summed E-state index contributed by atoms with van der Waals surface area (Å²) in [4.78, 5) is 38.5. The van der Waals surface area contributed by atoms with Crippen molar-refractivity contribution in [2.45, 2.75) is 77.0 Å². The van der Waals surface area contributed by atoms with Crippen molar-refractivity contribution in [2.75, 3.05) is 26.0 Å². The molecule has 33 heavy (non-hydrogen) atoms. The Kier molecular flexibility index (Phi) is 13.0. The molecular formula is C25H39NO6S. The number of benzene rings is 1. The fraction of sp³-hybridized carbons (Fsp3) is 0.640. The normalized spacial score (nSPS) is 12.2. The maximum atomic E-state index is 13.4. The number of Topliss-reactive ketones (excluding diaryl/α,β-unsaturated/α-hetero) is 1. The third kappa shape index (κ3) is 10.1. The fourth-order valence-electron chi connectivity index (χ4n) is 3.63. The Morgan fingerprint density at radius 1 is 0.939 bits per heavy atom. The molecule has 0 radical (unpaired) electrons. The first-order valence-corrected chi connectivity index (χ1v) is 13.5. The van der Waals surface area contributed by atoms with Crippen molar-refractivity contribution in [3.8, 4) is 0 Å². The number of ether oxygens (including phenoxy) is 1. The number of sulfone groups is 1. The predicted molar refractivity (Wildman–Crippen MR) is 129 cm³/mol. The van der Waals surface area contributed by atoms with Crippen LogP contribution < -0.4 is 0 Å². The Balaban J connectivity index is 3.12. The van der Waals surface area contributed by atoms with Gasteiger partial charge in [0.2, 0.25) is 5.91 Å². The van der Waals surface area contributed by atoms with E-state index in [1.807, 2.05) is 0 Å². The molecule has 0 aromatic heterocycles. The summed E-state index contributed by atoms with van der Waals surface area (Å²) in [6.07, 6.45) is 5.82. The van der Waals surface area contributed by atoms with E-state index in [1.54, 1.807) is 4.90 Å². The highest BCUT2D eigenvalue weighted by molar-refractivity contribution is 7.91. The molecule has 1 atom stereocenters. The molecule has 1 aromatic rings. The van der Waals surface area contributed by atoms with E-state index in [-0.39, 0.29) is 35.2 Å². The minimum Gasteiger partial charge on any atom is -0.469 e. The van der Waals surface area contributed by atoms with Crippen LogP contribution in [0.4, 0.5) is 0 Å². The van der Waals surface area contributed by atoms with Crippen LogP contribution in [0.25, 0.3) is 0 Å². The number of carbonyl (C=O) groups excluding carboxylic acids is 3. The van der Waals surface area contributed by atoms with Crippen molar-refractivity contribution in [3.05, 3.63) is 29.8 Å². The van der Waals surface area contributed by atoms with E-state index in [2.05, 4.69) is 13.8 Å². The van der Waals surface area contributed by atoms with Crippen molar-refractivity contribution in [1.29, 1.82) is 0 Å². The number of unbranched alkanes of at least 4 members (excludes halogenated alkanes) is 4. The molecule has 0 fully saturated rings. The fourth-order valence-corrected chi connectivity index (χ4v) is 5.21. The van der Waals surface area contributed by atoms with Gasteiger partial charge in [-0.2, -0.15) is 0 Å². The zero-order valence-electron chi connectivity index (χ0n) is 20.5. The van der Waals surface area contributed by atoms with Gasteiger partial charge >= 0.3 is 5.97 Å². The average Bonchev–Trinajstić information content (AvgIpc) is 2.80. The van der Waals surface area contributed by atoms with Crippen LogP contribution in [0.2, 0.25) is 0 Å². The molecular weight excluding hydrogens is 442 g/mol. The molecule has 0 aliphatic heterocycles. The van der Waals surface area contributed by atoms with E-state index in [9.17, 15) is 22.8 Å². The Labute approximate surface area is 198 Å². The summed E-state index contributed by atoms with van der Waals surface area (Å²) in [6, 6.07) is 5.74. The van der Waals surface area contributed by atoms with Crippen LogP contribution in [-0.2, 0) is 24.2 Å². The van der Waals surface area contributed by atoms with Crippen LogP contribution >= 0.6 is 0 Å². The average molecular weight is 482 g/mol. The summed E-state index contributed by atoms with van der Waals surface area (Å²) in [7, 11) is -2.52. The van der Waals surface area contributed by atoms with Crippen LogP contribution in [0.1, 0.15) is 82.5 Å². The summed E-state index contributed by atoms with van der Waals surface area (Å²) < 4.78 is 30.9. The number of esters is 1. The van der Waals surface area contributed by atoms with Crippen molar-refractivity contribution >= 4 is 27.5 Å². The first-order valence-electron chi connectivity index (χ1n) is 11.9. The van der Waals surface area contributed by atoms with Gasteiger partial charge in [-0.15, -0.1) is 0 Å². The highest BCUT2D eigenvalue weighted by Crippen LogP contribution is 2.21. The highest BCUT2D eigenvalue weighted by Gasteiger charge is 2.30. The van der Waals surface area contributed by atoms with Gasteiger partial charge in [0, 0.05) is 25.1 Å². The second-order valence-electron chi connectivity index (χ2n) is 8.41. The number of amides is 1. The quantitative estimate of drug-likeness (QED) is 0.197. The first-order chi connectivity index (χ1) is 15.7. The molecule has 0 aliphatic carbocycles. The third-order valence-electron chi connectivity index (χ3n) is 5.69. The lowest BCUT2D eigenvalue weighted by atomic mass is 10.0. The standard InChI is InChI=1S/C25H39NO6S/c1-5-7-9-17-26(18-10-8-6-2)25(29)22(13-16-24(28)32-4)19-33(30,31)23-14-11-21(12-15-23)20(3)27/h11-12,14-15,22H,5-10,13,16-19H2,1-4H3. The number of ketones is 1. The Bertz CT molecular complexity index is 853. The minimum absolute atomic E-state index is 0.0243. The van der Waals surface area contributed by atoms with Crippen LogP contribution in [0, 0.1) is 5.92 Å². The molecule has 1 amide bonds. The minimum atomic E-state index is -3.80. The smallest absolute Gasteiger partial charge is 0.305 e. The molecule has 0 bridgehead atoms. The zero-order chi connectivity index (χ0) is 24.9. The van der Waals surface area contributed by atoms with E-state index < -0.39 is 21.7 Å². The zero-order valence-corrected chi connectivity index (χ0v) is 21.3. The molecule has 7 nitrogen and oxygen atoms in total. The Hall–Kier alpha value is -2.22. The lowest BCUT2D eigenvalue weighted by molar-refractivity contribution is -0.141. The van der Waals surface area contributed by atoms with Gasteiger partial charge in [0.1, 0.15) is 0 Å². The van der Waals surface area contributed by atoms with Gasteiger partial charge in [0.15, 0.2) is 15.6 Å². The molecule has 0 heterocycles. The molecule has 0 N–H and O–H groups in total. The SMILES string of the molecule is CCCCCN(CCCCC)C(=O)C(CCC(=O)OC)CS(=O)(=O)c1ccc(C(C)=O)cc1. The number of nitrogens with zero attached hydrogens (tertiary/aromatic N) is 1. The van der Waals surface area contributed by atoms with E-state index in [1.165, 1.54) is 38.3 Å². The van der Waals surface area contributed by atoms with E-state index in [4.69, 9.17) is 4.74 Å². The van der Waals surface area contributed by atoms with Crippen molar-refractivity contribution < 1.29 is 27.5 Å². The van der Waals surface area contributed by atoms with Crippen LogP contribution in [0.15, 0.2) is 29.2 Å². The Morgan fingerprint density at radius 2 is 1.48 bits per heavy atom. The molecule has 1 rings (SSSR count).